The number of likely N-dealkylation sites (N-methyl/N-ethyl adjacent to an activating group) is 1. The van der Waals surface area contributed by atoms with Crippen molar-refractivity contribution in [2.24, 2.45) is 0 Å². The molecule has 4 rings (SSSR count). The van der Waals surface area contributed by atoms with Crippen LogP contribution in [0.4, 0.5) is 0 Å². The van der Waals surface area contributed by atoms with Crippen LogP contribution in [-0.4, -0.2) is 54.3 Å². The van der Waals surface area contributed by atoms with Crippen LogP contribution in [0.5, 0.6) is 0 Å². The zero-order valence-electron chi connectivity index (χ0n) is 18.0. The minimum Gasteiger partial charge on any atom is -0.353 e. The first-order valence-electron chi connectivity index (χ1n) is 10.9. The molecule has 0 spiro atoms. The Morgan fingerprint density at radius 3 is 2.55 bits per heavy atom. The average Bonchev–Trinajstić information content (AvgIpc) is 2.80. The van der Waals surface area contributed by atoms with E-state index in [-0.39, 0.29) is 18.2 Å². The Balaban J connectivity index is 1.40. The average molecular weight is 416 g/mol. The van der Waals surface area contributed by atoms with Crippen LogP contribution in [0.1, 0.15) is 17.5 Å². The fourth-order valence-electron chi connectivity index (χ4n) is 4.13. The van der Waals surface area contributed by atoms with Crippen molar-refractivity contribution in [1.82, 2.24) is 15.1 Å². The van der Waals surface area contributed by atoms with Crippen LogP contribution in [-0.2, 0) is 22.6 Å². The Hall–Kier alpha value is -3.18. The van der Waals surface area contributed by atoms with Crippen molar-refractivity contribution in [3.05, 3.63) is 83.9 Å². The number of amides is 2. The Morgan fingerprint density at radius 1 is 1.00 bits per heavy atom. The minimum absolute atomic E-state index is 0.00138. The van der Waals surface area contributed by atoms with Gasteiger partial charge < -0.3 is 10.2 Å². The number of hydrogen-bond donors (Lipinski definition) is 1. The molecule has 2 amide bonds. The van der Waals surface area contributed by atoms with Crippen LogP contribution >= 0.6 is 0 Å². The molecule has 1 atom stereocenters. The first-order chi connectivity index (χ1) is 15.1. The Morgan fingerprint density at radius 2 is 1.74 bits per heavy atom. The molecule has 5 heteroatoms. The molecule has 0 bridgehead atoms. The molecular weight excluding hydrogens is 386 g/mol. The molecule has 0 aliphatic carbocycles. The maximum absolute atomic E-state index is 12.9. The maximum Gasteiger partial charge on any atom is 0.237 e. The van der Waals surface area contributed by atoms with Gasteiger partial charge in [-0.1, -0.05) is 66.7 Å². The van der Waals surface area contributed by atoms with Crippen LogP contribution in [0.15, 0.2) is 72.8 Å². The molecule has 1 aliphatic rings. The topological polar surface area (TPSA) is 52.7 Å². The van der Waals surface area contributed by atoms with Crippen molar-refractivity contribution in [2.45, 2.75) is 25.4 Å². The number of fused-ring (bicyclic) bond motifs is 1. The van der Waals surface area contributed by atoms with Crippen LogP contribution in [0.2, 0.25) is 0 Å². The van der Waals surface area contributed by atoms with Gasteiger partial charge >= 0.3 is 0 Å². The lowest BCUT2D eigenvalue weighted by Gasteiger charge is -2.35. The molecule has 3 aromatic carbocycles. The Kier molecular flexibility index (Phi) is 6.63. The van der Waals surface area contributed by atoms with Crippen molar-refractivity contribution >= 4 is 22.6 Å². The fourth-order valence-corrected chi connectivity index (χ4v) is 4.13. The maximum atomic E-state index is 12.9. The Labute approximate surface area is 183 Å². The summed E-state index contributed by atoms with van der Waals surface area (Å²) in [7, 11) is 1.82. The number of hydrogen-bond acceptors (Lipinski definition) is 3. The molecule has 0 saturated carbocycles. The van der Waals surface area contributed by atoms with Gasteiger partial charge in [-0.15, -0.1) is 0 Å². The summed E-state index contributed by atoms with van der Waals surface area (Å²) in [6.45, 7) is 2.65. The summed E-state index contributed by atoms with van der Waals surface area (Å²) in [6, 6.07) is 24.4. The molecule has 1 N–H and O–H groups in total. The molecule has 0 radical (unpaired) electrons. The Bertz CT molecular complexity index is 1050. The van der Waals surface area contributed by atoms with Crippen molar-refractivity contribution in [1.29, 1.82) is 0 Å². The van der Waals surface area contributed by atoms with E-state index in [9.17, 15) is 9.59 Å². The van der Waals surface area contributed by atoms with Crippen LogP contribution in [0.25, 0.3) is 10.8 Å². The number of piperazine rings is 1. The van der Waals surface area contributed by atoms with Crippen molar-refractivity contribution in [2.75, 3.05) is 26.7 Å². The summed E-state index contributed by atoms with van der Waals surface area (Å²) >= 11 is 0. The summed E-state index contributed by atoms with van der Waals surface area (Å²) < 4.78 is 0. The number of nitrogens with zero attached hydrogens (tertiary/aromatic N) is 2. The van der Waals surface area contributed by atoms with Crippen molar-refractivity contribution < 1.29 is 9.59 Å². The predicted octanol–water partition coefficient (Wildman–Crippen LogP) is 3.23. The molecular formula is C26H29N3O2. The highest BCUT2D eigenvalue weighted by molar-refractivity contribution is 5.89. The lowest BCUT2D eigenvalue weighted by Crippen LogP contribution is -2.56. The number of nitrogens with one attached hydrogen (secondary N) is 1. The normalized spacial score (nSPS) is 16.8. The second kappa shape index (κ2) is 9.75. The molecule has 1 fully saturated rings. The second-order valence-corrected chi connectivity index (χ2v) is 8.21. The zero-order chi connectivity index (χ0) is 21.6. The largest absolute Gasteiger partial charge is 0.353 e. The van der Waals surface area contributed by atoms with Crippen molar-refractivity contribution in [3.63, 3.8) is 0 Å². The van der Waals surface area contributed by atoms with Crippen LogP contribution < -0.4 is 5.32 Å². The van der Waals surface area contributed by atoms with E-state index in [1.54, 1.807) is 4.90 Å². The molecule has 160 valence electrons. The third-order valence-corrected chi connectivity index (χ3v) is 6.01. The minimum atomic E-state index is -0.438. The van der Waals surface area contributed by atoms with E-state index in [2.05, 4.69) is 52.7 Å². The molecule has 31 heavy (non-hydrogen) atoms. The van der Waals surface area contributed by atoms with Gasteiger partial charge in [0.1, 0.15) is 0 Å². The van der Waals surface area contributed by atoms with Gasteiger partial charge in [-0.25, -0.2) is 0 Å². The summed E-state index contributed by atoms with van der Waals surface area (Å²) in [6.07, 6.45) is 1.01. The van der Waals surface area contributed by atoms with Gasteiger partial charge in [-0.05, 0) is 34.4 Å². The highest BCUT2D eigenvalue weighted by Crippen LogP contribution is 2.19. The third kappa shape index (κ3) is 5.30. The standard InChI is InChI=1S/C26H29N3O2/c1-28(15-13-20-7-3-2-4-8-20)25(30)18-24-26(31)27-14-16-29(24)19-21-11-12-22-9-5-6-10-23(22)17-21/h2-12,17,24H,13-16,18-19H2,1H3,(H,27,31)/t24-/m0/s1. The monoisotopic (exact) mass is 415 g/mol. The molecule has 1 heterocycles. The van der Waals surface area contributed by atoms with Gasteiger partial charge in [-0.2, -0.15) is 0 Å². The first-order valence-corrected chi connectivity index (χ1v) is 10.9. The van der Waals surface area contributed by atoms with E-state index < -0.39 is 6.04 Å². The lowest BCUT2D eigenvalue weighted by molar-refractivity contribution is -0.138. The van der Waals surface area contributed by atoms with E-state index in [0.29, 0.717) is 19.6 Å². The van der Waals surface area contributed by atoms with Gasteiger partial charge in [0, 0.05) is 33.2 Å². The van der Waals surface area contributed by atoms with E-state index in [1.165, 1.54) is 16.3 Å². The summed E-state index contributed by atoms with van der Waals surface area (Å²) in [4.78, 5) is 29.4. The van der Waals surface area contributed by atoms with Gasteiger partial charge in [0.15, 0.2) is 0 Å². The third-order valence-electron chi connectivity index (χ3n) is 6.01. The number of rotatable bonds is 7. The van der Waals surface area contributed by atoms with Gasteiger partial charge in [0.2, 0.25) is 11.8 Å². The summed E-state index contributed by atoms with van der Waals surface area (Å²) in [5.74, 6) is -0.0571. The number of carbonyl (C=O) groups excluding carboxylic acids is 2. The molecule has 1 aliphatic heterocycles. The number of carbonyl (C=O) groups is 2. The second-order valence-electron chi connectivity index (χ2n) is 8.21. The van der Waals surface area contributed by atoms with Gasteiger partial charge in [0.25, 0.3) is 0 Å². The quantitative estimate of drug-likeness (QED) is 0.645. The molecule has 3 aromatic rings. The summed E-state index contributed by atoms with van der Waals surface area (Å²) in [5.41, 5.74) is 2.36. The van der Waals surface area contributed by atoms with Crippen LogP contribution in [0, 0.1) is 0 Å². The molecule has 5 nitrogen and oxygen atoms in total. The van der Waals surface area contributed by atoms with Crippen molar-refractivity contribution in [3.8, 4) is 0 Å². The smallest absolute Gasteiger partial charge is 0.237 e. The molecule has 0 unspecified atom stereocenters. The number of benzene rings is 3. The summed E-state index contributed by atoms with van der Waals surface area (Å²) in [5, 5.41) is 5.32. The predicted molar refractivity (Wildman–Crippen MR) is 124 cm³/mol. The zero-order valence-corrected chi connectivity index (χ0v) is 18.0. The fraction of sp³-hybridized carbons (Fsp3) is 0.308. The highest BCUT2D eigenvalue weighted by Gasteiger charge is 2.32. The SMILES string of the molecule is CN(CCc1ccccc1)C(=O)C[C@H]1C(=O)NCCN1Cc1ccc2ccccc2c1. The van der Waals surface area contributed by atoms with Gasteiger partial charge in [-0.3, -0.25) is 14.5 Å². The van der Waals surface area contributed by atoms with E-state index in [0.717, 1.165) is 18.5 Å². The molecule has 0 aromatic heterocycles. The van der Waals surface area contributed by atoms with E-state index in [1.807, 2.05) is 37.4 Å². The van der Waals surface area contributed by atoms with E-state index in [4.69, 9.17) is 0 Å². The highest BCUT2D eigenvalue weighted by atomic mass is 16.2. The van der Waals surface area contributed by atoms with Gasteiger partial charge in [0.05, 0.1) is 12.5 Å². The van der Waals surface area contributed by atoms with Crippen LogP contribution in [0.3, 0.4) is 0 Å². The van der Waals surface area contributed by atoms with E-state index >= 15 is 0 Å². The first kappa shape index (κ1) is 21.1. The molecule has 1 saturated heterocycles. The lowest BCUT2D eigenvalue weighted by atomic mass is 10.0.